The molecule has 3 N–H and O–H groups in total. The molecule has 20 heavy (non-hydrogen) atoms. The molecular weight excluding hydrogens is 269 g/mol. The van der Waals surface area contributed by atoms with Crippen molar-refractivity contribution in [3.05, 3.63) is 29.1 Å². The van der Waals surface area contributed by atoms with Gasteiger partial charge in [0.15, 0.2) is 0 Å². The number of hydrogen-bond acceptors (Lipinski definition) is 6. The van der Waals surface area contributed by atoms with E-state index < -0.39 is 23.5 Å². The molecule has 0 aliphatic carbocycles. The number of anilines is 1. The van der Waals surface area contributed by atoms with Crippen LogP contribution < -0.4 is 16.3 Å². The number of hydrogen-bond donors (Lipinski definition) is 2. The Bertz CT molecular complexity index is 603. The van der Waals surface area contributed by atoms with Crippen LogP contribution in [0.25, 0.3) is 0 Å². The third-order valence-electron chi connectivity index (χ3n) is 2.87. The molecule has 8 heteroatoms. The number of carbonyl (C=O) groups excluding carboxylic acids is 3. The average molecular weight is 281 g/mol. The third-order valence-corrected chi connectivity index (χ3v) is 2.87. The Morgan fingerprint density at radius 2 is 2.15 bits per heavy atom. The molecule has 0 aromatic heterocycles. The van der Waals surface area contributed by atoms with Crippen molar-refractivity contribution >= 4 is 23.3 Å². The first kappa shape index (κ1) is 14.1. The van der Waals surface area contributed by atoms with E-state index >= 15 is 0 Å². The second-order valence-electron chi connectivity index (χ2n) is 4.27. The van der Waals surface area contributed by atoms with Crippen LogP contribution in [-0.4, -0.2) is 24.2 Å². The number of hydrazine groups is 1. The van der Waals surface area contributed by atoms with Crippen molar-refractivity contribution in [1.82, 2.24) is 5.59 Å². The summed E-state index contributed by atoms with van der Waals surface area (Å²) in [5.41, 5.74) is 2.16. The fourth-order valence-corrected chi connectivity index (χ4v) is 2.05. The lowest BCUT2D eigenvalue weighted by Gasteiger charge is -2.16. The molecule has 0 bridgehead atoms. The lowest BCUT2D eigenvalue weighted by atomic mass is 10.1. The fourth-order valence-electron chi connectivity index (χ4n) is 2.05. The van der Waals surface area contributed by atoms with Crippen molar-refractivity contribution in [3.63, 3.8) is 0 Å². The first-order valence-corrected chi connectivity index (χ1v) is 5.77. The first-order chi connectivity index (χ1) is 9.45. The van der Waals surface area contributed by atoms with E-state index in [0.29, 0.717) is 5.56 Å². The van der Waals surface area contributed by atoms with Crippen LogP contribution in [0, 0.1) is 12.7 Å². The van der Waals surface area contributed by atoms with E-state index in [2.05, 4.69) is 4.84 Å². The second-order valence-corrected chi connectivity index (χ2v) is 4.27. The van der Waals surface area contributed by atoms with Gasteiger partial charge in [0.2, 0.25) is 0 Å². The molecule has 7 nitrogen and oxygen atoms in total. The van der Waals surface area contributed by atoms with Crippen LogP contribution >= 0.6 is 0 Å². The molecule has 0 unspecified atom stereocenters. The summed E-state index contributed by atoms with van der Waals surface area (Å²) in [6.45, 7) is 1.45. The Labute approximate surface area is 113 Å². The maximum absolute atomic E-state index is 13.9. The van der Waals surface area contributed by atoms with Crippen LogP contribution in [0.4, 0.5) is 10.1 Å². The van der Waals surface area contributed by atoms with Crippen LogP contribution in [-0.2, 0) is 14.4 Å². The first-order valence-electron chi connectivity index (χ1n) is 5.77. The molecule has 1 heterocycles. The Hall–Kier alpha value is -2.32. The zero-order valence-corrected chi connectivity index (χ0v) is 10.6. The molecule has 0 saturated carbocycles. The summed E-state index contributed by atoms with van der Waals surface area (Å²) in [4.78, 5) is 40.0. The molecule has 0 radical (unpaired) electrons. The number of fused-ring (bicyclic) bond motifs is 1. The molecule has 1 aromatic carbocycles. The zero-order valence-electron chi connectivity index (χ0n) is 10.6. The third kappa shape index (κ3) is 2.38. The normalized spacial score (nSPS) is 13.7. The molecule has 2 rings (SSSR count). The van der Waals surface area contributed by atoms with Crippen LogP contribution in [0.2, 0.25) is 0 Å². The van der Waals surface area contributed by atoms with Crippen molar-refractivity contribution in [2.24, 2.45) is 5.84 Å². The number of benzene rings is 1. The van der Waals surface area contributed by atoms with Gasteiger partial charge in [-0.1, -0.05) is 5.59 Å². The van der Waals surface area contributed by atoms with E-state index in [1.165, 1.54) is 12.1 Å². The van der Waals surface area contributed by atoms with Crippen molar-refractivity contribution in [2.45, 2.75) is 13.3 Å². The van der Waals surface area contributed by atoms with Crippen molar-refractivity contribution in [1.29, 1.82) is 0 Å². The summed E-state index contributed by atoms with van der Waals surface area (Å²) in [7, 11) is 0. The van der Waals surface area contributed by atoms with Crippen LogP contribution in [0.3, 0.4) is 0 Å². The molecule has 1 aliphatic rings. The largest absolute Gasteiger partial charge is 0.356 e. The topological polar surface area (TPSA) is 102 Å². The van der Waals surface area contributed by atoms with Gasteiger partial charge in [-0.05, 0) is 24.6 Å². The SMILES string of the molecule is Cc1cc(F)c2c(c1)C(=O)C(=O)N2CCC(=O)ONN. The predicted octanol–water partition coefficient (Wildman–Crippen LogP) is -0.0250. The molecule has 0 saturated heterocycles. The number of nitrogens with one attached hydrogen (secondary N) is 1. The van der Waals surface area contributed by atoms with Crippen LogP contribution in [0.1, 0.15) is 22.3 Å². The fraction of sp³-hybridized carbons (Fsp3) is 0.250. The number of carbonyl (C=O) groups is 3. The molecule has 1 amide bonds. The Morgan fingerprint density at radius 3 is 2.80 bits per heavy atom. The maximum Gasteiger partial charge on any atom is 0.328 e. The van der Waals surface area contributed by atoms with E-state index in [1.807, 2.05) is 0 Å². The minimum Gasteiger partial charge on any atom is -0.356 e. The van der Waals surface area contributed by atoms with Gasteiger partial charge in [-0.25, -0.2) is 10.2 Å². The molecular formula is C12H12FN3O4. The quantitative estimate of drug-likeness (QED) is 0.456. The summed E-state index contributed by atoms with van der Waals surface area (Å²) in [6.07, 6.45) is -0.226. The number of halogens is 1. The number of amides is 1. The average Bonchev–Trinajstić information content (AvgIpc) is 2.61. The molecule has 106 valence electrons. The van der Waals surface area contributed by atoms with E-state index in [0.717, 1.165) is 4.90 Å². The minimum atomic E-state index is -0.863. The van der Waals surface area contributed by atoms with Gasteiger partial charge in [-0.15, -0.1) is 0 Å². The molecule has 0 atom stereocenters. The Kier molecular flexibility index (Phi) is 3.77. The second kappa shape index (κ2) is 5.35. The Morgan fingerprint density at radius 1 is 1.45 bits per heavy atom. The van der Waals surface area contributed by atoms with Gasteiger partial charge in [-0.3, -0.25) is 14.4 Å². The Balaban J connectivity index is 2.27. The summed E-state index contributed by atoms with van der Waals surface area (Å²) in [6, 6.07) is 2.66. The highest BCUT2D eigenvalue weighted by Crippen LogP contribution is 2.32. The van der Waals surface area contributed by atoms with E-state index in [-0.39, 0.29) is 24.2 Å². The zero-order chi connectivity index (χ0) is 14.9. The van der Waals surface area contributed by atoms with Gasteiger partial charge in [0.05, 0.1) is 17.7 Å². The minimum absolute atomic E-state index is 0.0119. The summed E-state index contributed by atoms with van der Waals surface area (Å²) < 4.78 is 13.9. The van der Waals surface area contributed by atoms with E-state index in [4.69, 9.17) is 5.84 Å². The lowest BCUT2D eigenvalue weighted by Crippen LogP contribution is -2.34. The molecule has 0 fully saturated rings. The maximum atomic E-state index is 13.9. The highest BCUT2D eigenvalue weighted by Gasteiger charge is 2.38. The molecule has 0 spiro atoms. The molecule has 1 aliphatic heterocycles. The van der Waals surface area contributed by atoms with Gasteiger partial charge in [-0.2, -0.15) is 0 Å². The van der Waals surface area contributed by atoms with E-state index in [9.17, 15) is 18.8 Å². The van der Waals surface area contributed by atoms with Gasteiger partial charge in [0, 0.05) is 6.54 Å². The summed E-state index contributed by atoms with van der Waals surface area (Å²) in [5, 5.41) is 0. The van der Waals surface area contributed by atoms with Gasteiger partial charge in [0.25, 0.3) is 11.7 Å². The number of aryl methyl sites for hydroxylation is 1. The van der Waals surface area contributed by atoms with Crippen molar-refractivity contribution in [3.8, 4) is 0 Å². The monoisotopic (exact) mass is 281 g/mol. The lowest BCUT2D eigenvalue weighted by molar-refractivity contribution is -0.151. The highest BCUT2D eigenvalue weighted by molar-refractivity contribution is 6.52. The van der Waals surface area contributed by atoms with Gasteiger partial charge < -0.3 is 9.74 Å². The number of ketones is 1. The van der Waals surface area contributed by atoms with Crippen LogP contribution in [0.5, 0.6) is 0 Å². The number of nitrogens with two attached hydrogens (primary N) is 1. The van der Waals surface area contributed by atoms with Crippen molar-refractivity contribution in [2.75, 3.05) is 11.4 Å². The van der Waals surface area contributed by atoms with E-state index in [1.54, 1.807) is 12.5 Å². The number of Topliss-reactive ketones (excluding diaryl/α,β-unsaturated/α-hetero) is 1. The van der Waals surface area contributed by atoms with Gasteiger partial charge >= 0.3 is 5.97 Å². The highest BCUT2D eigenvalue weighted by atomic mass is 19.1. The predicted molar refractivity (Wildman–Crippen MR) is 65.9 cm³/mol. The number of nitrogens with zero attached hydrogens (tertiary/aromatic N) is 1. The van der Waals surface area contributed by atoms with Gasteiger partial charge in [0.1, 0.15) is 5.82 Å². The van der Waals surface area contributed by atoms with Crippen molar-refractivity contribution < 1.29 is 23.6 Å². The standard InChI is InChI=1S/C12H12FN3O4/c1-6-4-7-10(8(13)5-6)16(12(19)11(7)18)3-2-9(17)20-15-14/h4-5,15H,2-3,14H2,1H3. The summed E-state index contributed by atoms with van der Waals surface area (Å²) in [5.74, 6) is 1.74. The summed E-state index contributed by atoms with van der Waals surface area (Å²) >= 11 is 0. The smallest absolute Gasteiger partial charge is 0.328 e. The number of rotatable bonds is 4. The van der Waals surface area contributed by atoms with Crippen LogP contribution in [0.15, 0.2) is 12.1 Å². The molecule has 1 aromatic rings.